The number of nitrogens with zero attached hydrogens (tertiary/aromatic N) is 1. The summed E-state index contributed by atoms with van der Waals surface area (Å²) in [5, 5.41) is 0. The van der Waals surface area contributed by atoms with Gasteiger partial charge in [0.15, 0.2) is 0 Å². The standard InChI is InChI=1S/C9H10N2O/c10-9(12)8-6-11(8)7-4-2-1-3-5-7/h1-5,8H,6H2,(H2,10,12). The lowest BCUT2D eigenvalue weighted by atomic mass is 10.3. The second-order valence-corrected chi connectivity index (χ2v) is 2.91. The zero-order valence-corrected chi connectivity index (χ0v) is 6.60. The van der Waals surface area contributed by atoms with E-state index in [0.29, 0.717) is 0 Å². The highest BCUT2D eigenvalue weighted by Crippen LogP contribution is 2.26. The lowest BCUT2D eigenvalue weighted by Gasteiger charge is -2.01. The van der Waals surface area contributed by atoms with E-state index in [0.717, 1.165) is 12.2 Å². The van der Waals surface area contributed by atoms with Gasteiger partial charge in [0.1, 0.15) is 6.04 Å². The highest BCUT2D eigenvalue weighted by Gasteiger charge is 2.38. The summed E-state index contributed by atoms with van der Waals surface area (Å²) < 4.78 is 0. The van der Waals surface area contributed by atoms with Crippen LogP contribution in [0, 0.1) is 0 Å². The summed E-state index contributed by atoms with van der Waals surface area (Å²) in [6, 6.07) is 9.72. The van der Waals surface area contributed by atoms with E-state index in [1.54, 1.807) is 0 Å². The van der Waals surface area contributed by atoms with Crippen molar-refractivity contribution in [3.05, 3.63) is 30.3 Å². The fourth-order valence-corrected chi connectivity index (χ4v) is 1.29. The molecule has 0 spiro atoms. The minimum atomic E-state index is -0.237. The van der Waals surface area contributed by atoms with Gasteiger partial charge in [0, 0.05) is 12.2 Å². The molecule has 1 heterocycles. The van der Waals surface area contributed by atoms with E-state index in [4.69, 9.17) is 5.73 Å². The van der Waals surface area contributed by atoms with Crippen LogP contribution >= 0.6 is 0 Å². The van der Waals surface area contributed by atoms with Crippen LogP contribution in [0.15, 0.2) is 30.3 Å². The third-order valence-corrected chi connectivity index (χ3v) is 2.03. The molecule has 0 bridgehead atoms. The fraction of sp³-hybridized carbons (Fsp3) is 0.222. The molecule has 1 unspecified atom stereocenters. The van der Waals surface area contributed by atoms with Crippen LogP contribution in [0.3, 0.4) is 0 Å². The first-order chi connectivity index (χ1) is 5.79. The van der Waals surface area contributed by atoms with Crippen molar-refractivity contribution in [2.75, 3.05) is 11.4 Å². The average molecular weight is 162 g/mol. The normalized spacial score (nSPS) is 20.7. The van der Waals surface area contributed by atoms with Gasteiger partial charge >= 0.3 is 0 Å². The Morgan fingerprint density at radius 3 is 2.58 bits per heavy atom. The fourth-order valence-electron chi connectivity index (χ4n) is 1.29. The smallest absolute Gasteiger partial charge is 0.241 e. The lowest BCUT2D eigenvalue weighted by Crippen LogP contribution is -2.21. The molecule has 3 heteroatoms. The molecular weight excluding hydrogens is 152 g/mol. The molecule has 0 radical (unpaired) electrons. The molecule has 0 aromatic heterocycles. The molecule has 1 fully saturated rings. The monoisotopic (exact) mass is 162 g/mol. The van der Waals surface area contributed by atoms with Crippen LogP contribution in [0.1, 0.15) is 0 Å². The zero-order valence-electron chi connectivity index (χ0n) is 6.60. The topological polar surface area (TPSA) is 46.1 Å². The Balaban J connectivity index is 2.11. The number of hydrogen-bond donors (Lipinski definition) is 1. The number of benzene rings is 1. The number of primary amides is 1. The quantitative estimate of drug-likeness (QED) is 0.638. The molecule has 1 aliphatic rings. The number of carbonyl (C=O) groups excluding carboxylic acids is 1. The lowest BCUT2D eigenvalue weighted by molar-refractivity contribution is -0.117. The Labute approximate surface area is 70.8 Å². The Kier molecular flexibility index (Phi) is 1.50. The van der Waals surface area contributed by atoms with Crippen molar-refractivity contribution in [3.63, 3.8) is 0 Å². The second kappa shape index (κ2) is 2.52. The van der Waals surface area contributed by atoms with Crippen molar-refractivity contribution >= 4 is 11.6 Å². The number of rotatable bonds is 2. The average Bonchev–Trinajstić information content (AvgIpc) is 2.84. The van der Waals surface area contributed by atoms with Gasteiger partial charge in [0.2, 0.25) is 5.91 Å². The van der Waals surface area contributed by atoms with Crippen LogP contribution < -0.4 is 10.6 Å². The molecule has 1 atom stereocenters. The Morgan fingerprint density at radius 2 is 2.08 bits per heavy atom. The summed E-state index contributed by atoms with van der Waals surface area (Å²) >= 11 is 0. The maximum Gasteiger partial charge on any atom is 0.241 e. The first-order valence-electron chi connectivity index (χ1n) is 3.90. The van der Waals surface area contributed by atoms with Gasteiger partial charge < -0.3 is 10.6 Å². The molecule has 2 rings (SSSR count). The van der Waals surface area contributed by atoms with Crippen molar-refractivity contribution in [3.8, 4) is 0 Å². The largest absolute Gasteiger partial charge is 0.368 e. The molecule has 1 aromatic carbocycles. The number of carbonyl (C=O) groups is 1. The molecule has 62 valence electrons. The van der Waals surface area contributed by atoms with Gasteiger partial charge in [-0.25, -0.2) is 0 Å². The van der Waals surface area contributed by atoms with Crippen LogP contribution in [0.4, 0.5) is 5.69 Å². The first kappa shape index (κ1) is 7.16. The number of anilines is 1. The van der Waals surface area contributed by atoms with E-state index < -0.39 is 0 Å². The van der Waals surface area contributed by atoms with E-state index in [1.807, 2.05) is 35.2 Å². The molecule has 12 heavy (non-hydrogen) atoms. The van der Waals surface area contributed by atoms with E-state index >= 15 is 0 Å². The predicted molar refractivity (Wildman–Crippen MR) is 46.8 cm³/mol. The number of amides is 1. The maximum absolute atomic E-state index is 10.7. The number of para-hydroxylation sites is 1. The summed E-state index contributed by atoms with van der Waals surface area (Å²) in [7, 11) is 0. The third-order valence-electron chi connectivity index (χ3n) is 2.03. The van der Waals surface area contributed by atoms with Crippen LogP contribution in [0.2, 0.25) is 0 Å². The van der Waals surface area contributed by atoms with Gasteiger partial charge in [-0.2, -0.15) is 0 Å². The summed E-state index contributed by atoms with van der Waals surface area (Å²) in [6.45, 7) is 0.763. The summed E-state index contributed by atoms with van der Waals surface area (Å²) in [6.07, 6.45) is 0. The van der Waals surface area contributed by atoms with E-state index in [2.05, 4.69) is 0 Å². The van der Waals surface area contributed by atoms with E-state index in [1.165, 1.54) is 0 Å². The Bertz CT molecular complexity index is 297. The van der Waals surface area contributed by atoms with Crippen molar-refractivity contribution in [1.29, 1.82) is 0 Å². The Hall–Kier alpha value is -1.51. The first-order valence-corrected chi connectivity index (χ1v) is 3.90. The van der Waals surface area contributed by atoms with Gasteiger partial charge in [-0.3, -0.25) is 4.79 Å². The number of nitrogens with two attached hydrogens (primary N) is 1. The molecule has 2 N–H and O–H groups in total. The van der Waals surface area contributed by atoms with Gasteiger partial charge in [-0.05, 0) is 12.1 Å². The SMILES string of the molecule is NC(=O)C1CN1c1ccccc1. The highest BCUT2D eigenvalue weighted by molar-refractivity contribution is 5.89. The maximum atomic E-state index is 10.7. The summed E-state index contributed by atoms with van der Waals surface area (Å²) in [5.74, 6) is -0.237. The van der Waals surface area contributed by atoms with E-state index in [-0.39, 0.29) is 11.9 Å². The van der Waals surface area contributed by atoms with Crippen molar-refractivity contribution in [2.24, 2.45) is 5.73 Å². The van der Waals surface area contributed by atoms with Crippen LogP contribution in [0.5, 0.6) is 0 Å². The minimum Gasteiger partial charge on any atom is -0.368 e. The molecule has 1 aliphatic heterocycles. The molecule has 1 saturated heterocycles. The second-order valence-electron chi connectivity index (χ2n) is 2.91. The van der Waals surface area contributed by atoms with E-state index in [9.17, 15) is 4.79 Å². The highest BCUT2D eigenvalue weighted by atomic mass is 16.1. The number of hydrogen-bond acceptors (Lipinski definition) is 2. The minimum absolute atomic E-state index is 0.0765. The summed E-state index contributed by atoms with van der Waals surface area (Å²) in [5.41, 5.74) is 6.22. The van der Waals surface area contributed by atoms with Crippen molar-refractivity contribution in [2.45, 2.75) is 6.04 Å². The molecule has 1 aromatic rings. The van der Waals surface area contributed by atoms with Crippen molar-refractivity contribution in [1.82, 2.24) is 0 Å². The molecule has 0 aliphatic carbocycles. The molecule has 3 nitrogen and oxygen atoms in total. The van der Waals surface area contributed by atoms with Gasteiger partial charge in [0.05, 0.1) is 0 Å². The third kappa shape index (κ3) is 1.13. The zero-order chi connectivity index (χ0) is 8.55. The van der Waals surface area contributed by atoms with Gasteiger partial charge in [0.25, 0.3) is 0 Å². The molecule has 0 saturated carbocycles. The van der Waals surface area contributed by atoms with Gasteiger partial charge in [-0.15, -0.1) is 0 Å². The van der Waals surface area contributed by atoms with Crippen molar-refractivity contribution < 1.29 is 4.79 Å². The van der Waals surface area contributed by atoms with Crippen LogP contribution in [-0.4, -0.2) is 18.5 Å². The van der Waals surface area contributed by atoms with Gasteiger partial charge in [-0.1, -0.05) is 18.2 Å². The predicted octanol–water partition coefficient (Wildman–Crippen LogP) is 0.360. The van der Waals surface area contributed by atoms with Crippen LogP contribution in [0.25, 0.3) is 0 Å². The molecule has 1 amide bonds. The van der Waals surface area contributed by atoms with Crippen LogP contribution in [-0.2, 0) is 4.79 Å². The summed E-state index contributed by atoms with van der Waals surface area (Å²) in [4.78, 5) is 12.7. The molecular formula is C9H10N2O. The Morgan fingerprint density at radius 1 is 1.42 bits per heavy atom.